The van der Waals surface area contributed by atoms with Crippen molar-refractivity contribution in [2.24, 2.45) is 7.05 Å². The van der Waals surface area contributed by atoms with E-state index in [4.69, 9.17) is 0 Å². The Bertz CT molecular complexity index is 772. The van der Waals surface area contributed by atoms with E-state index in [-0.39, 0.29) is 30.9 Å². The number of benzene rings is 1. The molecule has 0 aliphatic carbocycles. The van der Waals surface area contributed by atoms with Gasteiger partial charge in [0.15, 0.2) is 0 Å². The van der Waals surface area contributed by atoms with Crippen LogP contribution in [0.4, 0.5) is 13.2 Å². The number of alkyl halides is 3. The first-order valence-corrected chi connectivity index (χ1v) is 7.87. The SMILES string of the molecule is Cn1cc(CC(=O)N2C[C@H](O)C[C@H]2c2ccccc2C(F)(F)F)cn1. The first kappa shape index (κ1) is 17.5. The predicted molar refractivity (Wildman–Crippen MR) is 83.4 cm³/mol. The van der Waals surface area contributed by atoms with Gasteiger partial charge < -0.3 is 10.0 Å². The topological polar surface area (TPSA) is 58.4 Å². The van der Waals surface area contributed by atoms with Crippen molar-refractivity contribution < 1.29 is 23.1 Å². The predicted octanol–water partition coefficient (Wildman–Crippen LogP) is 2.32. The number of β-amino-alcohol motifs (C(OH)–C–C–N with tert-alkyl or cyclic N) is 1. The molecule has 1 amide bonds. The third-order valence-electron chi connectivity index (χ3n) is 4.34. The molecule has 25 heavy (non-hydrogen) atoms. The normalized spacial score (nSPS) is 20.9. The highest BCUT2D eigenvalue weighted by Crippen LogP contribution is 2.40. The number of carbonyl (C=O) groups excluding carboxylic acids is 1. The van der Waals surface area contributed by atoms with Gasteiger partial charge in [-0.1, -0.05) is 18.2 Å². The van der Waals surface area contributed by atoms with Crippen LogP contribution in [-0.4, -0.2) is 38.3 Å². The van der Waals surface area contributed by atoms with Crippen LogP contribution >= 0.6 is 0 Å². The van der Waals surface area contributed by atoms with Gasteiger partial charge in [0, 0.05) is 19.8 Å². The molecule has 1 fully saturated rings. The number of amides is 1. The molecule has 3 rings (SSSR count). The lowest BCUT2D eigenvalue weighted by Crippen LogP contribution is -2.33. The number of halogens is 3. The smallest absolute Gasteiger partial charge is 0.391 e. The molecule has 1 saturated heterocycles. The van der Waals surface area contributed by atoms with Crippen molar-refractivity contribution in [2.75, 3.05) is 6.54 Å². The van der Waals surface area contributed by atoms with E-state index in [2.05, 4.69) is 5.10 Å². The van der Waals surface area contributed by atoms with Gasteiger partial charge in [0.25, 0.3) is 0 Å². The van der Waals surface area contributed by atoms with Gasteiger partial charge in [-0.25, -0.2) is 0 Å². The number of aromatic nitrogens is 2. The number of hydrogen-bond donors (Lipinski definition) is 1. The lowest BCUT2D eigenvalue weighted by Gasteiger charge is -2.27. The van der Waals surface area contributed by atoms with Crippen LogP contribution in [0.1, 0.15) is 29.2 Å². The molecule has 2 heterocycles. The second kappa shape index (κ2) is 6.51. The summed E-state index contributed by atoms with van der Waals surface area (Å²) in [5.41, 5.74) is -0.0730. The summed E-state index contributed by atoms with van der Waals surface area (Å²) in [6, 6.07) is 4.41. The number of aryl methyl sites for hydroxylation is 1. The molecule has 1 aromatic carbocycles. The Morgan fingerprint density at radius 2 is 2.08 bits per heavy atom. The number of hydrogen-bond acceptors (Lipinski definition) is 3. The van der Waals surface area contributed by atoms with Crippen LogP contribution in [0.3, 0.4) is 0 Å². The minimum atomic E-state index is -4.51. The molecule has 5 nitrogen and oxygen atoms in total. The molecule has 0 unspecified atom stereocenters. The van der Waals surface area contributed by atoms with Crippen LogP contribution in [0.25, 0.3) is 0 Å². The molecule has 0 radical (unpaired) electrons. The molecule has 2 atom stereocenters. The van der Waals surface area contributed by atoms with Crippen molar-refractivity contribution in [1.82, 2.24) is 14.7 Å². The van der Waals surface area contributed by atoms with E-state index in [1.54, 1.807) is 24.1 Å². The fourth-order valence-corrected chi connectivity index (χ4v) is 3.27. The van der Waals surface area contributed by atoms with E-state index in [0.29, 0.717) is 5.56 Å². The Morgan fingerprint density at radius 3 is 2.72 bits per heavy atom. The molecule has 8 heteroatoms. The summed E-state index contributed by atoms with van der Waals surface area (Å²) in [7, 11) is 1.72. The van der Waals surface area contributed by atoms with Crippen LogP contribution in [0.15, 0.2) is 36.7 Å². The van der Waals surface area contributed by atoms with E-state index >= 15 is 0 Å². The first-order valence-electron chi connectivity index (χ1n) is 7.87. The highest BCUT2D eigenvalue weighted by molar-refractivity contribution is 5.79. The van der Waals surface area contributed by atoms with E-state index < -0.39 is 23.9 Å². The van der Waals surface area contributed by atoms with Gasteiger partial charge in [-0.2, -0.15) is 18.3 Å². The van der Waals surface area contributed by atoms with Crippen molar-refractivity contribution in [3.63, 3.8) is 0 Å². The van der Waals surface area contributed by atoms with Gasteiger partial charge in [0.1, 0.15) is 0 Å². The maximum absolute atomic E-state index is 13.3. The molecule has 1 aliphatic heterocycles. The first-order chi connectivity index (χ1) is 11.8. The van der Waals surface area contributed by atoms with Gasteiger partial charge >= 0.3 is 6.18 Å². The summed E-state index contributed by atoms with van der Waals surface area (Å²) < 4.78 is 41.5. The summed E-state index contributed by atoms with van der Waals surface area (Å²) in [4.78, 5) is 13.9. The summed E-state index contributed by atoms with van der Waals surface area (Å²) >= 11 is 0. The summed E-state index contributed by atoms with van der Waals surface area (Å²) in [5, 5.41) is 13.9. The Kier molecular flexibility index (Phi) is 4.55. The van der Waals surface area contributed by atoms with E-state index in [1.807, 2.05) is 0 Å². The number of aliphatic hydroxyl groups is 1. The Morgan fingerprint density at radius 1 is 1.36 bits per heavy atom. The number of carbonyl (C=O) groups is 1. The molecule has 1 aromatic heterocycles. The summed E-state index contributed by atoms with van der Waals surface area (Å²) in [6.07, 6.45) is -2.00. The van der Waals surface area contributed by atoms with E-state index in [1.165, 1.54) is 23.1 Å². The van der Waals surface area contributed by atoms with Crippen LogP contribution in [-0.2, 0) is 24.4 Å². The van der Waals surface area contributed by atoms with E-state index in [9.17, 15) is 23.1 Å². The largest absolute Gasteiger partial charge is 0.416 e. The second-order valence-corrected chi connectivity index (χ2v) is 6.24. The maximum atomic E-state index is 13.3. The third kappa shape index (κ3) is 3.68. The molecule has 1 N–H and O–H groups in total. The molecule has 1 aliphatic rings. The molecule has 0 saturated carbocycles. The zero-order chi connectivity index (χ0) is 18.2. The zero-order valence-electron chi connectivity index (χ0n) is 13.6. The standard InChI is InChI=1S/C17H18F3N3O2/c1-22-9-11(8-21-22)6-16(25)23-10-12(24)7-15(23)13-4-2-3-5-14(13)17(18,19)20/h2-5,8-9,12,15,24H,6-7,10H2,1H3/t12-,15+/m1/s1. The molecule has 2 aromatic rings. The Balaban J connectivity index is 1.89. The number of likely N-dealkylation sites (tertiary alicyclic amines) is 1. The quantitative estimate of drug-likeness (QED) is 0.921. The lowest BCUT2D eigenvalue weighted by atomic mass is 9.97. The molecule has 0 spiro atoms. The van der Waals surface area contributed by atoms with Crippen LogP contribution in [0.2, 0.25) is 0 Å². The van der Waals surface area contributed by atoms with Crippen LogP contribution < -0.4 is 0 Å². The van der Waals surface area contributed by atoms with E-state index in [0.717, 1.165) is 6.07 Å². The van der Waals surface area contributed by atoms with Crippen LogP contribution in [0, 0.1) is 0 Å². The minimum absolute atomic E-state index is 0.0195. The highest BCUT2D eigenvalue weighted by Gasteiger charge is 2.41. The average molecular weight is 353 g/mol. The van der Waals surface area contributed by atoms with Crippen molar-refractivity contribution in [1.29, 1.82) is 0 Å². The van der Waals surface area contributed by atoms with Gasteiger partial charge in [0.2, 0.25) is 5.91 Å². The fraction of sp³-hybridized carbons (Fsp3) is 0.412. The number of aliphatic hydroxyl groups excluding tert-OH is 1. The van der Waals surface area contributed by atoms with Crippen molar-refractivity contribution in [3.8, 4) is 0 Å². The number of rotatable bonds is 3. The Hall–Kier alpha value is -2.35. The average Bonchev–Trinajstić information content (AvgIpc) is 3.12. The monoisotopic (exact) mass is 353 g/mol. The van der Waals surface area contributed by atoms with Gasteiger partial charge in [-0.05, 0) is 23.6 Å². The summed E-state index contributed by atoms with van der Waals surface area (Å²) in [5.74, 6) is -0.327. The fourth-order valence-electron chi connectivity index (χ4n) is 3.27. The van der Waals surface area contributed by atoms with Crippen molar-refractivity contribution in [2.45, 2.75) is 31.2 Å². The molecule has 134 valence electrons. The van der Waals surface area contributed by atoms with Gasteiger partial charge in [-0.15, -0.1) is 0 Å². The van der Waals surface area contributed by atoms with Gasteiger partial charge in [0.05, 0.1) is 30.3 Å². The third-order valence-corrected chi connectivity index (χ3v) is 4.34. The zero-order valence-corrected chi connectivity index (χ0v) is 13.6. The maximum Gasteiger partial charge on any atom is 0.416 e. The highest BCUT2D eigenvalue weighted by atomic mass is 19.4. The van der Waals surface area contributed by atoms with Crippen molar-refractivity contribution in [3.05, 3.63) is 53.3 Å². The van der Waals surface area contributed by atoms with Gasteiger partial charge in [-0.3, -0.25) is 9.48 Å². The van der Waals surface area contributed by atoms with Crippen molar-refractivity contribution >= 4 is 5.91 Å². The summed E-state index contributed by atoms with van der Waals surface area (Å²) in [6.45, 7) is 0.0238. The minimum Gasteiger partial charge on any atom is -0.391 e. The Labute approximate surface area is 142 Å². The van der Waals surface area contributed by atoms with Crippen LogP contribution in [0.5, 0.6) is 0 Å². The molecular weight excluding hydrogens is 335 g/mol. The number of nitrogens with zero attached hydrogens (tertiary/aromatic N) is 3. The lowest BCUT2D eigenvalue weighted by molar-refractivity contribution is -0.140. The second-order valence-electron chi connectivity index (χ2n) is 6.24. The molecular formula is C17H18F3N3O2. The molecule has 0 bridgehead atoms.